The van der Waals surface area contributed by atoms with E-state index in [1.165, 1.54) is 6.92 Å². The van der Waals surface area contributed by atoms with Crippen molar-refractivity contribution < 1.29 is 35.8 Å². The van der Waals surface area contributed by atoms with Gasteiger partial charge in [0.25, 0.3) is 0 Å². The van der Waals surface area contributed by atoms with Gasteiger partial charge in [0.1, 0.15) is 6.10 Å². The van der Waals surface area contributed by atoms with Crippen LogP contribution in [0.15, 0.2) is 54.6 Å². The molecule has 0 amide bonds. The fraction of sp³-hybridized carbons (Fsp3) is 0.174. The maximum absolute atomic E-state index is 14.2. The molecule has 33 heavy (non-hydrogen) atoms. The molecule has 0 saturated carbocycles. The van der Waals surface area contributed by atoms with Gasteiger partial charge >= 0.3 is 0 Å². The molecular formula is C23H16F6O2S2. The van der Waals surface area contributed by atoms with Crippen LogP contribution in [0.25, 0.3) is 0 Å². The first-order chi connectivity index (χ1) is 15.6. The van der Waals surface area contributed by atoms with Crippen molar-refractivity contribution in [3.05, 3.63) is 106 Å². The Morgan fingerprint density at radius 3 is 1.67 bits per heavy atom. The van der Waals surface area contributed by atoms with E-state index in [0.717, 1.165) is 0 Å². The van der Waals surface area contributed by atoms with E-state index in [4.69, 9.17) is 21.7 Å². The third kappa shape index (κ3) is 5.18. The number of hydrogen-bond donors (Lipinski definition) is 1. The first kappa shape index (κ1) is 25.1. The maximum atomic E-state index is 14.2. The van der Waals surface area contributed by atoms with Crippen LogP contribution in [0.1, 0.15) is 23.6 Å². The molecule has 0 aliphatic rings. The zero-order valence-electron chi connectivity index (χ0n) is 16.9. The molecule has 0 N–H and O–H groups in total. The molecule has 3 rings (SSSR count). The molecule has 0 saturated heterocycles. The largest absolute Gasteiger partial charge is 0.459 e. The lowest BCUT2D eigenvalue weighted by Crippen LogP contribution is -2.44. The molecule has 174 valence electrons. The van der Waals surface area contributed by atoms with Crippen molar-refractivity contribution in [2.24, 2.45) is 0 Å². The Morgan fingerprint density at radius 2 is 1.27 bits per heavy atom. The van der Waals surface area contributed by atoms with E-state index < -0.39 is 62.1 Å². The molecule has 2 nitrogen and oxygen atoms in total. The lowest BCUT2D eigenvalue weighted by atomic mass is 9.81. The quantitative estimate of drug-likeness (QED) is 0.170. The second-order valence-electron chi connectivity index (χ2n) is 7.05. The molecule has 3 aromatic rings. The Balaban J connectivity index is 2.25. The highest BCUT2D eigenvalue weighted by Gasteiger charge is 2.46. The van der Waals surface area contributed by atoms with Crippen LogP contribution in [0.4, 0.5) is 26.3 Å². The van der Waals surface area contributed by atoms with E-state index in [2.05, 4.69) is 12.6 Å². The number of ether oxygens (including phenoxy) is 2. The molecule has 0 unspecified atom stereocenters. The Hall–Kier alpha value is -2.56. The van der Waals surface area contributed by atoms with E-state index in [1.807, 2.05) is 0 Å². The normalized spacial score (nSPS) is 12.5. The molecule has 0 aromatic heterocycles. The highest BCUT2D eigenvalue weighted by Crippen LogP contribution is 2.41. The summed E-state index contributed by atoms with van der Waals surface area (Å²) >= 11 is 8.79. The zero-order chi connectivity index (χ0) is 24.3. The standard InChI is InChI=1S/C23H16F6O2S2/c1-12(30-11-13-5-3-2-4-6-13)23(31-22(32)33,14-7-16(24)20(28)17(25)8-14)15-9-18(26)21(29)19(27)10-15/h2-10,12H,11H2,1H3,(H,32,33)/t12-/m0/s1. The van der Waals surface area contributed by atoms with E-state index in [9.17, 15) is 26.3 Å². The zero-order valence-corrected chi connectivity index (χ0v) is 18.6. The van der Waals surface area contributed by atoms with Crippen LogP contribution in [-0.4, -0.2) is 10.5 Å². The highest BCUT2D eigenvalue weighted by atomic mass is 32.1. The topological polar surface area (TPSA) is 18.5 Å². The van der Waals surface area contributed by atoms with Crippen molar-refractivity contribution in [2.75, 3.05) is 0 Å². The molecule has 0 aliphatic carbocycles. The number of rotatable bonds is 7. The van der Waals surface area contributed by atoms with Gasteiger partial charge in [0.2, 0.25) is 4.38 Å². The summed E-state index contributed by atoms with van der Waals surface area (Å²) in [6.07, 6.45) is -1.25. The molecular weight excluding hydrogens is 486 g/mol. The summed E-state index contributed by atoms with van der Waals surface area (Å²) in [6.45, 7) is 1.33. The van der Waals surface area contributed by atoms with E-state index >= 15 is 0 Å². The third-order valence-corrected chi connectivity index (χ3v) is 5.16. The first-order valence-electron chi connectivity index (χ1n) is 9.43. The molecule has 0 bridgehead atoms. The minimum atomic E-state index is -2.24. The fourth-order valence-electron chi connectivity index (χ4n) is 3.43. The van der Waals surface area contributed by atoms with Gasteiger partial charge in [-0.3, -0.25) is 0 Å². The minimum absolute atomic E-state index is 0.0508. The third-order valence-electron chi connectivity index (χ3n) is 4.99. The summed E-state index contributed by atoms with van der Waals surface area (Å²) in [5.41, 5.74) is -2.40. The summed E-state index contributed by atoms with van der Waals surface area (Å²) in [5.74, 6) is -9.92. The van der Waals surface area contributed by atoms with Crippen molar-refractivity contribution in [2.45, 2.75) is 25.2 Å². The van der Waals surface area contributed by atoms with Crippen molar-refractivity contribution in [1.29, 1.82) is 0 Å². The summed E-state index contributed by atoms with van der Waals surface area (Å²) in [6, 6.07) is 11.0. The summed E-state index contributed by atoms with van der Waals surface area (Å²) in [4.78, 5) is 0. The smallest absolute Gasteiger partial charge is 0.218 e. The Bertz CT molecular complexity index is 1070. The molecule has 0 aliphatic heterocycles. The molecule has 0 spiro atoms. The number of thiocarbonyl (C=S) groups is 1. The maximum Gasteiger partial charge on any atom is 0.218 e. The van der Waals surface area contributed by atoms with Crippen LogP contribution in [0.5, 0.6) is 0 Å². The predicted octanol–water partition coefficient (Wildman–Crippen LogP) is 6.60. The van der Waals surface area contributed by atoms with Gasteiger partial charge in [-0.15, -0.1) is 0 Å². The highest BCUT2D eigenvalue weighted by molar-refractivity contribution is 8.10. The van der Waals surface area contributed by atoms with Crippen molar-refractivity contribution in [1.82, 2.24) is 0 Å². The van der Waals surface area contributed by atoms with Crippen LogP contribution in [0, 0.1) is 34.9 Å². The molecule has 3 aromatic carbocycles. The van der Waals surface area contributed by atoms with E-state index in [-0.39, 0.29) is 6.61 Å². The van der Waals surface area contributed by atoms with Gasteiger partial charge in [-0.2, -0.15) is 0 Å². The SMILES string of the molecule is C[C@H](OCc1ccccc1)C(OC(=S)S)(c1cc(F)c(F)c(F)c1)c1cc(F)c(F)c(F)c1. The molecule has 0 fully saturated rings. The lowest BCUT2D eigenvalue weighted by molar-refractivity contribution is -0.0760. The number of halogens is 6. The second kappa shape index (κ2) is 10.1. The van der Waals surface area contributed by atoms with Gasteiger partial charge in [-0.1, -0.05) is 43.0 Å². The van der Waals surface area contributed by atoms with Gasteiger partial charge in [-0.05, 0) is 49.0 Å². The average molecular weight is 503 g/mol. The summed E-state index contributed by atoms with van der Waals surface area (Å²) in [5, 5.41) is 0. The predicted molar refractivity (Wildman–Crippen MR) is 117 cm³/mol. The number of thiol groups is 1. The van der Waals surface area contributed by atoms with Crippen LogP contribution < -0.4 is 0 Å². The average Bonchev–Trinajstić information content (AvgIpc) is 2.77. The van der Waals surface area contributed by atoms with Crippen molar-refractivity contribution in [3.63, 3.8) is 0 Å². The van der Waals surface area contributed by atoms with Crippen LogP contribution in [-0.2, 0) is 21.7 Å². The lowest BCUT2D eigenvalue weighted by Gasteiger charge is -2.39. The van der Waals surface area contributed by atoms with E-state index in [1.54, 1.807) is 30.3 Å². The molecule has 0 radical (unpaired) electrons. The second-order valence-corrected chi connectivity index (χ2v) is 8.13. The summed E-state index contributed by atoms with van der Waals surface area (Å²) < 4.78 is 95.1. The van der Waals surface area contributed by atoms with Gasteiger partial charge in [0.05, 0.1) is 6.61 Å². The fourth-order valence-corrected chi connectivity index (χ4v) is 3.70. The summed E-state index contributed by atoms with van der Waals surface area (Å²) in [7, 11) is 0. The van der Waals surface area contributed by atoms with Crippen LogP contribution >= 0.6 is 24.8 Å². The van der Waals surface area contributed by atoms with Crippen LogP contribution in [0.2, 0.25) is 0 Å². The minimum Gasteiger partial charge on any atom is -0.459 e. The Labute approximate surface area is 196 Å². The molecule has 0 heterocycles. The molecule has 1 atom stereocenters. The Kier molecular flexibility index (Phi) is 7.71. The van der Waals surface area contributed by atoms with Gasteiger partial charge in [0, 0.05) is 11.1 Å². The van der Waals surface area contributed by atoms with Gasteiger partial charge < -0.3 is 9.47 Å². The van der Waals surface area contributed by atoms with E-state index in [0.29, 0.717) is 29.8 Å². The van der Waals surface area contributed by atoms with Crippen molar-refractivity contribution in [3.8, 4) is 0 Å². The monoisotopic (exact) mass is 502 g/mol. The number of hydrogen-bond acceptors (Lipinski definition) is 3. The van der Waals surface area contributed by atoms with Gasteiger partial charge in [0.15, 0.2) is 40.5 Å². The Morgan fingerprint density at radius 1 is 0.848 bits per heavy atom. The van der Waals surface area contributed by atoms with Crippen molar-refractivity contribution >= 4 is 29.2 Å². The number of benzene rings is 3. The van der Waals surface area contributed by atoms with Gasteiger partial charge in [-0.25, -0.2) is 26.3 Å². The first-order valence-corrected chi connectivity index (χ1v) is 10.3. The van der Waals surface area contributed by atoms with Crippen LogP contribution in [0.3, 0.4) is 0 Å². The molecule has 10 heteroatoms.